The van der Waals surface area contributed by atoms with E-state index in [1.54, 1.807) is 24.3 Å². The van der Waals surface area contributed by atoms with Crippen molar-refractivity contribution in [3.63, 3.8) is 0 Å². The molecule has 244 valence electrons. The molecule has 0 amide bonds. The van der Waals surface area contributed by atoms with Crippen LogP contribution >= 0.6 is 0 Å². The maximum atomic E-state index is 14.8. The van der Waals surface area contributed by atoms with E-state index in [2.05, 4.69) is 35.7 Å². The molecule has 0 spiro atoms. The van der Waals surface area contributed by atoms with Crippen LogP contribution in [0.3, 0.4) is 0 Å². The van der Waals surface area contributed by atoms with Crippen molar-refractivity contribution in [2.45, 2.75) is 51.7 Å². The first-order chi connectivity index (χ1) is 22.8. The second-order valence-electron chi connectivity index (χ2n) is 11.7. The third-order valence-electron chi connectivity index (χ3n) is 8.13. The average molecular weight is 636 g/mol. The lowest BCUT2D eigenvalue weighted by Crippen LogP contribution is -2.33. The van der Waals surface area contributed by atoms with E-state index in [1.165, 1.54) is 13.2 Å². The summed E-state index contributed by atoms with van der Waals surface area (Å²) in [4.78, 5) is 16.8. The van der Waals surface area contributed by atoms with Gasteiger partial charge in [0.15, 0.2) is 0 Å². The van der Waals surface area contributed by atoms with Gasteiger partial charge < -0.3 is 24.8 Å². The Morgan fingerprint density at radius 2 is 1.81 bits per heavy atom. The van der Waals surface area contributed by atoms with Crippen LogP contribution in [0.15, 0.2) is 97.7 Å². The van der Waals surface area contributed by atoms with Crippen LogP contribution in [-0.2, 0) is 22.5 Å². The molecular formula is C39H42FN3O4. The van der Waals surface area contributed by atoms with Crippen molar-refractivity contribution in [3.8, 4) is 17.1 Å². The molecule has 2 heterocycles. The van der Waals surface area contributed by atoms with Crippen molar-refractivity contribution >= 4 is 22.9 Å². The Kier molecular flexibility index (Phi) is 11.4. The van der Waals surface area contributed by atoms with Crippen LogP contribution in [0, 0.1) is 5.82 Å². The number of benzene rings is 3. The van der Waals surface area contributed by atoms with Crippen LogP contribution in [-0.4, -0.2) is 37.3 Å². The van der Waals surface area contributed by atoms with Crippen molar-refractivity contribution in [3.05, 3.63) is 126 Å². The summed E-state index contributed by atoms with van der Waals surface area (Å²) >= 11 is 0. The number of pyridine rings is 1. The van der Waals surface area contributed by atoms with Gasteiger partial charge in [0.05, 0.1) is 35.8 Å². The van der Waals surface area contributed by atoms with Gasteiger partial charge in [-0.15, -0.1) is 0 Å². The minimum atomic E-state index is -0.395. The number of carbonyl (C=O) groups is 1. The van der Waals surface area contributed by atoms with Crippen LogP contribution < -0.4 is 15.4 Å². The molecule has 1 unspecified atom stereocenters. The normalized spacial score (nSPS) is 13.7. The van der Waals surface area contributed by atoms with Crippen LogP contribution in [0.5, 0.6) is 5.88 Å². The number of ether oxygens (including phenoxy) is 3. The zero-order valence-electron chi connectivity index (χ0n) is 27.1. The molecular weight excluding hydrogens is 593 g/mol. The number of halogens is 1. The maximum absolute atomic E-state index is 14.8. The number of unbranched alkanes of at least 4 members (excludes halogenated alkanes) is 1. The van der Waals surface area contributed by atoms with Gasteiger partial charge in [-0.1, -0.05) is 69.0 Å². The minimum absolute atomic E-state index is 0.0784. The van der Waals surface area contributed by atoms with E-state index in [0.717, 1.165) is 77.3 Å². The second-order valence-corrected chi connectivity index (χ2v) is 11.7. The first-order valence-corrected chi connectivity index (χ1v) is 16.0. The van der Waals surface area contributed by atoms with Gasteiger partial charge in [-0.05, 0) is 66.3 Å². The van der Waals surface area contributed by atoms with E-state index in [1.807, 2.05) is 48.5 Å². The summed E-state index contributed by atoms with van der Waals surface area (Å²) in [5, 5.41) is 6.79. The lowest BCUT2D eigenvalue weighted by molar-refractivity contribution is -0.0410. The van der Waals surface area contributed by atoms with Crippen LogP contribution in [0.1, 0.15) is 59.7 Å². The summed E-state index contributed by atoms with van der Waals surface area (Å²) in [6.45, 7) is 12.0. The fourth-order valence-corrected chi connectivity index (χ4v) is 5.21. The molecule has 1 aliphatic rings. The smallest absolute Gasteiger partial charge is 0.337 e. The number of anilines is 2. The van der Waals surface area contributed by atoms with Crippen molar-refractivity contribution in [1.82, 2.24) is 4.98 Å². The number of hydrogen-bond donors (Lipinski definition) is 2. The highest BCUT2D eigenvalue weighted by atomic mass is 19.1. The van der Waals surface area contributed by atoms with Crippen LogP contribution in [0.2, 0.25) is 0 Å². The van der Waals surface area contributed by atoms with E-state index in [9.17, 15) is 9.18 Å². The van der Waals surface area contributed by atoms with Crippen molar-refractivity contribution in [2.75, 3.05) is 30.9 Å². The highest BCUT2D eigenvalue weighted by Gasteiger charge is 2.19. The predicted molar refractivity (Wildman–Crippen MR) is 186 cm³/mol. The molecule has 47 heavy (non-hydrogen) atoms. The zero-order valence-corrected chi connectivity index (χ0v) is 27.1. The highest BCUT2D eigenvalue weighted by Crippen LogP contribution is 2.28. The number of allylic oxidation sites excluding steroid dienone is 2. The van der Waals surface area contributed by atoms with E-state index in [4.69, 9.17) is 14.2 Å². The van der Waals surface area contributed by atoms with Gasteiger partial charge in [-0.3, -0.25) is 0 Å². The molecule has 0 aliphatic carbocycles. The molecule has 0 saturated carbocycles. The lowest BCUT2D eigenvalue weighted by Gasteiger charge is -2.27. The van der Waals surface area contributed by atoms with Gasteiger partial charge >= 0.3 is 5.97 Å². The van der Waals surface area contributed by atoms with Gasteiger partial charge in [0.1, 0.15) is 12.4 Å². The second kappa shape index (κ2) is 16.1. The molecule has 7 nitrogen and oxygen atoms in total. The Morgan fingerprint density at radius 1 is 1.02 bits per heavy atom. The molecule has 0 radical (unpaired) electrons. The number of nitrogens with one attached hydrogen (secondary N) is 2. The molecule has 1 atom stereocenters. The van der Waals surface area contributed by atoms with Gasteiger partial charge in [0.2, 0.25) is 5.88 Å². The van der Waals surface area contributed by atoms with E-state index in [0.29, 0.717) is 30.0 Å². The van der Waals surface area contributed by atoms with Crippen molar-refractivity contribution in [2.24, 2.45) is 0 Å². The first-order valence-electron chi connectivity index (χ1n) is 16.0. The maximum Gasteiger partial charge on any atom is 0.337 e. The first kappa shape index (κ1) is 33.4. The molecule has 5 rings (SSSR count). The molecule has 8 heteroatoms. The Bertz CT molecular complexity index is 1720. The standard InChI is InChI=1S/C39H42FN3O4/c1-5-6-8-26(2)30-15-16-32(34(40)22-30)25-47-38-10-7-9-35(43-38)29-13-11-28(12-14-29)21-27(3)42-36-18-17-31(39(44)45-4)23-37(36)41-24-33-19-20-46-33/h7,9-18,22-23,33,41-42H,2-3,5-6,8,19-21,24-25H2,1,4H3. The van der Waals surface area contributed by atoms with Gasteiger partial charge in [-0.25, -0.2) is 14.2 Å². The number of methoxy groups -OCH3 is 1. The quantitative estimate of drug-likeness (QED) is 0.119. The van der Waals surface area contributed by atoms with E-state index < -0.39 is 5.97 Å². The van der Waals surface area contributed by atoms with E-state index in [-0.39, 0.29) is 18.5 Å². The molecule has 1 aromatic heterocycles. The number of aromatic nitrogens is 1. The summed E-state index contributed by atoms with van der Waals surface area (Å²) < 4.78 is 31.1. The predicted octanol–water partition coefficient (Wildman–Crippen LogP) is 8.83. The molecule has 0 bridgehead atoms. The number of carbonyl (C=O) groups excluding carboxylic acids is 1. The summed E-state index contributed by atoms with van der Waals surface area (Å²) in [7, 11) is 1.37. The van der Waals surface area contributed by atoms with Gasteiger partial charge in [0, 0.05) is 42.5 Å². The molecule has 2 N–H and O–H groups in total. The van der Waals surface area contributed by atoms with Gasteiger partial charge in [0.25, 0.3) is 0 Å². The number of rotatable bonds is 16. The molecule has 4 aromatic rings. The Balaban J connectivity index is 1.18. The monoisotopic (exact) mass is 635 g/mol. The third-order valence-corrected chi connectivity index (χ3v) is 8.13. The molecule has 3 aromatic carbocycles. The lowest BCUT2D eigenvalue weighted by atomic mass is 10.0. The Hall–Kier alpha value is -4.95. The van der Waals surface area contributed by atoms with Gasteiger partial charge in [-0.2, -0.15) is 0 Å². The number of esters is 1. The summed E-state index contributed by atoms with van der Waals surface area (Å²) in [5.41, 5.74) is 7.85. The topological polar surface area (TPSA) is 81.7 Å². The fourth-order valence-electron chi connectivity index (χ4n) is 5.21. The van der Waals surface area contributed by atoms with Crippen molar-refractivity contribution in [1.29, 1.82) is 0 Å². The molecule has 1 fully saturated rings. The largest absolute Gasteiger partial charge is 0.473 e. The number of nitrogens with zero attached hydrogens (tertiary/aromatic N) is 1. The summed E-state index contributed by atoms with van der Waals surface area (Å²) in [6, 6.07) is 24.2. The molecule has 1 aliphatic heterocycles. The fraction of sp³-hybridized carbons (Fsp3) is 0.282. The highest BCUT2D eigenvalue weighted by molar-refractivity contribution is 5.92. The SMILES string of the molecule is C=C(Cc1ccc(-c2cccc(OCc3ccc(C(=C)CCCC)cc3F)n2)cc1)Nc1ccc(C(=O)OC)cc1NCC1CCO1. The third kappa shape index (κ3) is 9.08. The summed E-state index contributed by atoms with van der Waals surface area (Å²) in [6.07, 6.45) is 4.73. The minimum Gasteiger partial charge on any atom is -0.473 e. The van der Waals surface area contributed by atoms with Crippen LogP contribution in [0.4, 0.5) is 15.8 Å². The van der Waals surface area contributed by atoms with Crippen LogP contribution in [0.25, 0.3) is 16.8 Å². The van der Waals surface area contributed by atoms with Crippen molar-refractivity contribution < 1.29 is 23.4 Å². The van der Waals surface area contributed by atoms with E-state index >= 15 is 0 Å². The summed E-state index contributed by atoms with van der Waals surface area (Å²) in [5.74, 6) is -0.281. The molecule has 1 saturated heterocycles. The average Bonchev–Trinajstić information content (AvgIpc) is 3.06. The Labute approximate surface area is 276 Å². The number of hydrogen-bond acceptors (Lipinski definition) is 7. The zero-order chi connectivity index (χ0) is 33.2. The Morgan fingerprint density at radius 3 is 2.51 bits per heavy atom.